The summed E-state index contributed by atoms with van der Waals surface area (Å²) in [5.41, 5.74) is 5.24. The molecule has 11 fully saturated rings. The van der Waals surface area contributed by atoms with E-state index < -0.39 is 16.6 Å². The third kappa shape index (κ3) is 24.9. The van der Waals surface area contributed by atoms with Gasteiger partial charge in [0.1, 0.15) is 38.8 Å². The van der Waals surface area contributed by atoms with Crippen LogP contribution in [0.3, 0.4) is 0 Å². The van der Waals surface area contributed by atoms with Crippen LogP contribution in [0.15, 0.2) is 212 Å². The Labute approximate surface area is 785 Å². The molecule has 8 atom stereocenters. The van der Waals surface area contributed by atoms with Gasteiger partial charge in [-0.05, 0) is 226 Å². The summed E-state index contributed by atoms with van der Waals surface area (Å²) in [6.45, 7) is 20.4. The van der Waals surface area contributed by atoms with Gasteiger partial charge in [-0.2, -0.15) is 0 Å². The van der Waals surface area contributed by atoms with Gasteiger partial charge in [0.25, 0.3) is 0 Å². The summed E-state index contributed by atoms with van der Waals surface area (Å²) in [7, 11) is 1.68. The van der Waals surface area contributed by atoms with Crippen molar-refractivity contribution in [3.63, 3.8) is 0 Å². The van der Waals surface area contributed by atoms with Gasteiger partial charge in [-0.15, -0.1) is 0 Å². The first kappa shape index (κ1) is 102. The Morgan fingerprint density at radius 2 is 0.611 bits per heavy atom. The zero-order chi connectivity index (χ0) is 92.3. The number of hydrogen-bond donors (Lipinski definition) is 4. The van der Waals surface area contributed by atoms with Gasteiger partial charge in [-0.3, -0.25) is 69.1 Å². The third-order valence-corrected chi connectivity index (χ3v) is 30.5. The van der Waals surface area contributed by atoms with E-state index in [-0.39, 0.29) is 34.5 Å². The van der Waals surface area contributed by atoms with Crippen LogP contribution < -0.4 is 16.0 Å². The van der Waals surface area contributed by atoms with E-state index in [9.17, 15) is 33.6 Å². The van der Waals surface area contributed by atoms with Crippen molar-refractivity contribution in [3.8, 4) is 0 Å². The van der Waals surface area contributed by atoms with E-state index in [1.165, 1.54) is 92.9 Å². The second kappa shape index (κ2) is 51.0. The Morgan fingerprint density at radius 3 is 0.931 bits per heavy atom. The second-order valence-corrected chi connectivity index (χ2v) is 39.4. The number of methoxy groups -OCH3 is 1. The first-order chi connectivity index (χ1) is 63.9. The van der Waals surface area contributed by atoms with E-state index in [0.29, 0.717) is 92.0 Å². The number of ether oxygens (including phenoxy) is 2. The van der Waals surface area contributed by atoms with Crippen molar-refractivity contribution in [1.82, 2.24) is 35.6 Å². The molecule has 7 aromatic carbocycles. The Balaban J connectivity index is 0.000000138. The van der Waals surface area contributed by atoms with Gasteiger partial charge >= 0.3 is 0 Å². The number of nitrogens with zero attached hydrogens (tertiary/aromatic N) is 4. The monoisotopic (exact) mass is 1780 g/mol. The molecule has 7 aromatic rings. The summed E-state index contributed by atoms with van der Waals surface area (Å²) in [5, 5.41) is 19.2. The molecule has 4 saturated heterocycles. The lowest BCUT2D eigenvalue weighted by molar-refractivity contribution is -0.139. The maximum absolute atomic E-state index is 12.9. The number of likely N-dealkylation sites (tertiary alicyclic amines) is 3. The number of carbonyl (C=O) groups is 7. The fraction of sp³-hybridized carbons (Fsp3) is 0.570. The maximum Gasteiger partial charge on any atom is 0.157 e. The standard InChI is InChI=1S/3C18H25NO.C16H21NO2.C15H21NO2.C15H21NO.C14H19NO2/c1-15-8-7-13-19(14-15)18(12-6-5-11-17(18)20)16-9-3-2-4-10-16;1-15-10-13-19(14-11-15)18(12-6-5-9-17(18)20)16-7-3-2-4-8-16;20-17-12-6-7-13-18(17,16-10-4-3-5-11-16)19-14-8-1-2-9-15-19;18-15-8-4-5-9-16(15,14-6-2-1-3-7-14)17-10-12-19-13-11-17;1-18-12-11-16-15(10-6-5-9-14(15)17)13-7-3-2-4-8-13;1-12(2)16-15(11-7-6-10-14(15)17)13-8-4-3-5-9-13;16-11-10-15-14(9-5-4-8-13(14)17)12-6-2-1-3-7-12/h2-4,9-10,15H,5-8,11-14H2,1H3;2-4,7-8,15H,5-6,9-14H2,1H3;3-5,10-11H,1-2,6-9,12-15H2;1-3,6-7H,4-5,8-13H2;2-4,7-8,16H,5-6,9-12H2,1H3;3-5,8-9,12,16H,6-7,10-11H2,1-2H3;1-3,6-7,15-16H,4-5,8-11H2/t15?,18-;2*18-;16-;2*15-;14-/m1111111/s1. The van der Waals surface area contributed by atoms with E-state index in [0.717, 1.165) is 223 Å². The minimum absolute atomic E-state index is 0.0574. The number of piperidine rings is 2. The number of nitrogens with one attached hydrogen (secondary N) is 3. The van der Waals surface area contributed by atoms with E-state index >= 15 is 0 Å². The highest BCUT2D eigenvalue weighted by molar-refractivity contribution is 5.94. The number of rotatable bonds is 20. The van der Waals surface area contributed by atoms with Gasteiger partial charge in [0, 0.05) is 90.8 Å². The molecule has 4 heterocycles. The Morgan fingerprint density at radius 1 is 0.321 bits per heavy atom. The van der Waals surface area contributed by atoms with Gasteiger partial charge in [-0.25, -0.2) is 0 Å². The molecule has 0 radical (unpaired) electrons. The lowest BCUT2D eigenvalue weighted by Gasteiger charge is -2.48. The summed E-state index contributed by atoms with van der Waals surface area (Å²) in [6.07, 6.45) is 36.9. The SMILES string of the molecule is CC(C)N[C@@]1(c2ccccc2)CCCCC1=O.CC1CCCN([C@@]2(c3ccccc3)CCCCC2=O)C1.CC1CCN([C@@]2(c3ccccc3)CCCCC2=O)CC1.COCCN[C@@]1(c2ccccc2)CCCCC1=O.O=C1CCCC[C@@]1(NCCO)c1ccccc1.O=C1CCCC[C@]1(c1ccccc1)N1CCCCCC1.O=C1CCCC[C@]1(c1ccccc1)N1CCOCC1. The molecule has 7 aliphatic carbocycles. The van der Waals surface area contributed by atoms with Crippen LogP contribution in [0.1, 0.15) is 298 Å². The van der Waals surface area contributed by atoms with Gasteiger partial charge in [0.15, 0.2) is 40.5 Å². The van der Waals surface area contributed by atoms with Crippen LogP contribution in [0.2, 0.25) is 0 Å². The molecule has 11 aliphatic rings. The van der Waals surface area contributed by atoms with Gasteiger partial charge < -0.3 is 14.6 Å². The zero-order valence-electron chi connectivity index (χ0n) is 80.2. The molecule has 4 aliphatic heterocycles. The molecule has 0 bridgehead atoms. The molecule has 17 heteroatoms. The summed E-state index contributed by atoms with van der Waals surface area (Å²) in [6, 6.07) is 72.3. The number of aliphatic hydroxyl groups is 1. The number of benzene rings is 7. The highest BCUT2D eigenvalue weighted by Gasteiger charge is 2.52. The van der Waals surface area contributed by atoms with Crippen molar-refractivity contribution < 1.29 is 48.1 Å². The van der Waals surface area contributed by atoms with E-state index in [2.05, 4.69) is 160 Å². The fourth-order valence-electron chi connectivity index (χ4n) is 23.6. The highest BCUT2D eigenvalue weighted by Crippen LogP contribution is 2.47. The molecular weight excluding hydrogens is 1630 g/mol. The highest BCUT2D eigenvalue weighted by atomic mass is 16.5. The minimum atomic E-state index is -0.567. The van der Waals surface area contributed by atoms with Crippen molar-refractivity contribution in [2.24, 2.45) is 11.8 Å². The van der Waals surface area contributed by atoms with E-state index in [1.807, 2.05) is 115 Å². The predicted molar refractivity (Wildman–Crippen MR) is 527 cm³/mol. The van der Waals surface area contributed by atoms with Crippen LogP contribution in [0.4, 0.5) is 0 Å². The molecule has 17 nitrogen and oxygen atoms in total. The number of morpholine rings is 1. The molecule has 131 heavy (non-hydrogen) atoms. The Hall–Kier alpha value is -8.17. The van der Waals surface area contributed by atoms with Crippen LogP contribution in [-0.2, 0) is 81.8 Å². The van der Waals surface area contributed by atoms with Gasteiger partial charge in [0.2, 0.25) is 0 Å². The largest absolute Gasteiger partial charge is 0.395 e. The van der Waals surface area contributed by atoms with E-state index in [4.69, 9.17) is 14.6 Å². The lowest BCUT2D eigenvalue weighted by atomic mass is 9.73. The van der Waals surface area contributed by atoms with E-state index in [1.54, 1.807) is 7.11 Å². The first-order valence-corrected chi connectivity index (χ1v) is 51.0. The van der Waals surface area contributed by atoms with Crippen molar-refractivity contribution in [1.29, 1.82) is 0 Å². The molecule has 4 N–H and O–H groups in total. The number of Topliss-reactive ketones (excluding diaryl/α,β-unsaturated/α-hetero) is 7. The van der Waals surface area contributed by atoms with Crippen molar-refractivity contribution in [3.05, 3.63) is 251 Å². The molecule has 1 unspecified atom stereocenters. The lowest BCUT2D eigenvalue weighted by Crippen LogP contribution is -2.57. The zero-order valence-corrected chi connectivity index (χ0v) is 80.2. The quantitative estimate of drug-likeness (QED) is 0.0523. The smallest absolute Gasteiger partial charge is 0.157 e. The topological polar surface area (TPSA) is 207 Å². The average Bonchev–Trinajstić information content (AvgIpc) is 1.42. The van der Waals surface area contributed by atoms with Gasteiger partial charge in [-0.1, -0.05) is 284 Å². The minimum Gasteiger partial charge on any atom is -0.395 e. The Bertz CT molecular complexity index is 4540. The van der Waals surface area contributed by atoms with Crippen LogP contribution in [0, 0.1) is 11.8 Å². The normalized spacial score (nSPS) is 28.0. The van der Waals surface area contributed by atoms with Crippen molar-refractivity contribution in [2.75, 3.05) is 99.0 Å². The number of ketones is 7. The fourth-order valence-corrected chi connectivity index (χ4v) is 23.6. The van der Waals surface area contributed by atoms with Crippen LogP contribution in [-0.4, -0.2) is 170 Å². The molecule has 0 amide bonds. The average molecular weight is 1790 g/mol. The second-order valence-electron chi connectivity index (χ2n) is 39.4. The number of hydrogen-bond acceptors (Lipinski definition) is 17. The molecular formula is C114H157N7O10. The van der Waals surface area contributed by atoms with Crippen LogP contribution in [0.25, 0.3) is 0 Å². The molecule has 7 saturated carbocycles. The predicted octanol–water partition coefficient (Wildman–Crippen LogP) is 20.7. The Kier molecular flexibility index (Phi) is 39.6. The number of aliphatic hydroxyl groups excluding tert-OH is 1. The maximum atomic E-state index is 12.9. The van der Waals surface area contributed by atoms with Gasteiger partial charge in [0.05, 0.1) is 26.4 Å². The van der Waals surface area contributed by atoms with Crippen molar-refractivity contribution in [2.45, 2.75) is 304 Å². The molecule has 708 valence electrons. The third-order valence-electron chi connectivity index (χ3n) is 30.5. The summed E-state index contributed by atoms with van der Waals surface area (Å²) < 4.78 is 10.5. The summed E-state index contributed by atoms with van der Waals surface area (Å²) in [4.78, 5) is 98.3. The van der Waals surface area contributed by atoms with Crippen molar-refractivity contribution >= 4 is 40.5 Å². The molecule has 0 spiro atoms. The molecule has 0 aromatic heterocycles. The van der Waals surface area contributed by atoms with Crippen LogP contribution >= 0.6 is 0 Å². The summed E-state index contributed by atoms with van der Waals surface area (Å²) >= 11 is 0. The summed E-state index contributed by atoms with van der Waals surface area (Å²) in [5.74, 6) is 4.18. The first-order valence-electron chi connectivity index (χ1n) is 51.0. The molecule has 18 rings (SSSR count). The van der Waals surface area contributed by atoms with Crippen LogP contribution in [0.5, 0.6) is 0 Å². The number of carbonyl (C=O) groups excluding carboxylic acids is 7.